The molecule has 0 heterocycles. The van der Waals surface area contributed by atoms with Gasteiger partial charge in [-0.05, 0) is 6.92 Å². The van der Waals surface area contributed by atoms with Gasteiger partial charge in [-0.1, -0.05) is 0 Å². The number of nitrogens with zero attached hydrogens (tertiary/aromatic N) is 1. The highest BCUT2D eigenvalue weighted by Crippen LogP contribution is 1.99. The van der Waals surface area contributed by atoms with Crippen molar-refractivity contribution in [3.63, 3.8) is 0 Å². The third-order valence-corrected chi connectivity index (χ3v) is 1.52. The highest BCUT2D eigenvalue weighted by molar-refractivity contribution is 5.79. The van der Waals surface area contributed by atoms with Crippen molar-refractivity contribution < 1.29 is 23.1 Å². The molecule has 0 aromatic carbocycles. The SMILES string of the molecule is CCOC(=O)CCN(C)C(=O)C(F)F. The Balaban J connectivity index is 3.79. The van der Waals surface area contributed by atoms with Gasteiger partial charge >= 0.3 is 12.4 Å². The first-order valence-electron chi connectivity index (χ1n) is 4.17. The van der Waals surface area contributed by atoms with E-state index in [4.69, 9.17) is 0 Å². The molecule has 0 unspecified atom stereocenters. The molecule has 0 bridgehead atoms. The van der Waals surface area contributed by atoms with Crippen LogP contribution in [-0.4, -0.2) is 43.4 Å². The van der Waals surface area contributed by atoms with Gasteiger partial charge in [0.2, 0.25) is 0 Å². The van der Waals surface area contributed by atoms with E-state index in [9.17, 15) is 18.4 Å². The van der Waals surface area contributed by atoms with E-state index in [-0.39, 0.29) is 19.6 Å². The molecule has 0 spiro atoms. The van der Waals surface area contributed by atoms with E-state index in [0.29, 0.717) is 0 Å². The van der Waals surface area contributed by atoms with Crippen LogP contribution in [0.15, 0.2) is 0 Å². The van der Waals surface area contributed by atoms with E-state index in [1.807, 2.05) is 0 Å². The molecule has 0 atom stereocenters. The Kier molecular flexibility index (Phi) is 5.74. The highest BCUT2D eigenvalue weighted by atomic mass is 19.3. The van der Waals surface area contributed by atoms with Gasteiger partial charge in [-0.15, -0.1) is 0 Å². The Labute approximate surface area is 80.8 Å². The average molecular weight is 209 g/mol. The maximum absolute atomic E-state index is 11.8. The first kappa shape index (κ1) is 12.8. The lowest BCUT2D eigenvalue weighted by Crippen LogP contribution is -2.33. The summed E-state index contributed by atoms with van der Waals surface area (Å²) in [5.74, 6) is -1.78. The van der Waals surface area contributed by atoms with Crippen LogP contribution in [0.3, 0.4) is 0 Å². The predicted octanol–water partition coefficient (Wildman–Crippen LogP) is 0.663. The van der Waals surface area contributed by atoms with E-state index in [1.54, 1.807) is 6.92 Å². The molecule has 0 aromatic heterocycles. The molecule has 0 saturated carbocycles. The van der Waals surface area contributed by atoms with Gasteiger partial charge in [0.25, 0.3) is 5.91 Å². The van der Waals surface area contributed by atoms with Gasteiger partial charge in [0, 0.05) is 13.6 Å². The lowest BCUT2D eigenvalue weighted by Gasteiger charge is -2.15. The van der Waals surface area contributed by atoms with Gasteiger partial charge in [0.1, 0.15) is 0 Å². The molecule has 82 valence electrons. The van der Waals surface area contributed by atoms with Crippen molar-refractivity contribution in [2.24, 2.45) is 0 Å². The molecule has 0 fully saturated rings. The van der Waals surface area contributed by atoms with E-state index >= 15 is 0 Å². The number of rotatable bonds is 5. The molecule has 1 amide bonds. The number of hydrogen-bond donors (Lipinski definition) is 0. The number of amides is 1. The predicted molar refractivity (Wildman–Crippen MR) is 44.9 cm³/mol. The molecule has 0 saturated heterocycles. The molecular weight excluding hydrogens is 196 g/mol. The molecule has 6 heteroatoms. The molecule has 14 heavy (non-hydrogen) atoms. The summed E-state index contributed by atoms with van der Waals surface area (Å²) in [5.41, 5.74) is 0. The number of esters is 1. The second-order valence-electron chi connectivity index (χ2n) is 2.62. The van der Waals surface area contributed by atoms with E-state index in [0.717, 1.165) is 4.90 Å². The third kappa shape index (κ3) is 4.74. The van der Waals surface area contributed by atoms with Crippen LogP contribution >= 0.6 is 0 Å². The fourth-order valence-electron chi connectivity index (χ4n) is 0.769. The first-order chi connectivity index (χ1) is 6.49. The van der Waals surface area contributed by atoms with Gasteiger partial charge < -0.3 is 9.64 Å². The molecule has 0 radical (unpaired) electrons. The summed E-state index contributed by atoms with van der Waals surface area (Å²) in [6, 6.07) is 0. The van der Waals surface area contributed by atoms with Crippen molar-refractivity contribution in [2.45, 2.75) is 19.8 Å². The van der Waals surface area contributed by atoms with Crippen LogP contribution in [0.1, 0.15) is 13.3 Å². The summed E-state index contributed by atoms with van der Waals surface area (Å²) >= 11 is 0. The Morgan fingerprint density at radius 3 is 2.43 bits per heavy atom. The maximum Gasteiger partial charge on any atom is 0.315 e. The quantitative estimate of drug-likeness (QED) is 0.625. The fourth-order valence-corrected chi connectivity index (χ4v) is 0.769. The summed E-state index contributed by atoms with van der Waals surface area (Å²) in [5, 5.41) is 0. The molecule has 4 nitrogen and oxygen atoms in total. The zero-order valence-electron chi connectivity index (χ0n) is 8.13. The molecule has 0 N–H and O–H groups in total. The molecule has 0 rings (SSSR count). The van der Waals surface area contributed by atoms with E-state index < -0.39 is 18.3 Å². The smallest absolute Gasteiger partial charge is 0.315 e. The van der Waals surface area contributed by atoms with Crippen molar-refractivity contribution in [3.05, 3.63) is 0 Å². The van der Waals surface area contributed by atoms with Gasteiger partial charge in [0.15, 0.2) is 0 Å². The third-order valence-electron chi connectivity index (χ3n) is 1.52. The molecule has 0 aliphatic rings. The van der Waals surface area contributed by atoms with Crippen molar-refractivity contribution in [2.75, 3.05) is 20.2 Å². The van der Waals surface area contributed by atoms with Crippen molar-refractivity contribution in [3.8, 4) is 0 Å². The van der Waals surface area contributed by atoms with Crippen LogP contribution in [0.4, 0.5) is 8.78 Å². The summed E-state index contributed by atoms with van der Waals surface area (Å²) in [6.45, 7) is 1.83. The van der Waals surface area contributed by atoms with Crippen LogP contribution in [0.2, 0.25) is 0 Å². The van der Waals surface area contributed by atoms with E-state index in [2.05, 4.69) is 4.74 Å². The second kappa shape index (κ2) is 6.28. The van der Waals surface area contributed by atoms with E-state index in [1.165, 1.54) is 7.05 Å². The monoisotopic (exact) mass is 209 g/mol. The lowest BCUT2D eigenvalue weighted by atomic mass is 10.4. The number of carbonyl (C=O) groups excluding carboxylic acids is 2. The minimum absolute atomic E-state index is 0.0536. The Morgan fingerprint density at radius 2 is 2.00 bits per heavy atom. The summed E-state index contributed by atoms with van der Waals surface area (Å²) in [7, 11) is 1.22. The van der Waals surface area contributed by atoms with Gasteiger partial charge in [0.05, 0.1) is 13.0 Å². The number of halogens is 2. The maximum atomic E-state index is 11.8. The molecule has 0 aliphatic carbocycles. The zero-order valence-corrected chi connectivity index (χ0v) is 8.13. The standard InChI is InChI=1S/C8H13F2NO3/c1-3-14-6(12)4-5-11(2)8(13)7(9)10/h7H,3-5H2,1-2H3. The fraction of sp³-hybridized carbons (Fsp3) is 0.750. The average Bonchev–Trinajstić information content (AvgIpc) is 2.13. The zero-order chi connectivity index (χ0) is 11.1. The van der Waals surface area contributed by atoms with Gasteiger partial charge in [-0.2, -0.15) is 8.78 Å². The Bertz CT molecular complexity index is 209. The van der Waals surface area contributed by atoms with Crippen LogP contribution in [0, 0.1) is 0 Å². The van der Waals surface area contributed by atoms with Crippen LogP contribution in [-0.2, 0) is 14.3 Å². The summed E-state index contributed by atoms with van der Waals surface area (Å²) < 4.78 is 28.3. The Hall–Kier alpha value is -1.20. The number of ether oxygens (including phenoxy) is 1. The highest BCUT2D eigenvalue weighted by Gasteiger charge is 2.20. The summed E-state index contributed by atoms with van der Waals surface area (Å²) in [4.78, 5) is 22.2. The van der Waals surface area contributed by atoms with Crippen molar-refractivity contribution in [1.82, 2.24) is 4.90 Å². The van der Waals surface area contributed by atoms with Crippen LogP contribution in [0.25, 0.3) is 0 Å². The number of hydrogen-bond acceptors (Lipinski definition) is 3. The normalized spacial score (nSPS) is 10.1. The minimum atomic E-state index is -3.03. The summed E-state index contributed by atoms with van der Waals surface area (Å²) in [6.07, 6.45) is -3.09. The molecule has 0 aromatic rings. The van der Waals surface area contributed by atoms with Gasteiger partial charge in [-0.3, -0.25) is 9.59 Å². The lowest BCUT2D eigenvalue weighted by molar-refractivity contribution is -0.145. The first-order valence-corrected chi connectivity index (χ1v) is 4.17. The van der Waals surface area contributed by atoms with Crippen LogP contribution in [0.5, 0.6) is 0 Å². The number of carbonyl (C=O) groups is 2. The molecular formula is C8H13F2NO3. The van der Waals surface area contributed by atoms with Crippen molar-refractivity contribution >= 4 is 11.9 Å². The number of alkyl halides is 2. The largest absolute Gasteiger partial charge is 0.466 e. The topological polar surface area (TPSA) is 46.6 Å². The van der Waals surface area contributed by atoms with Crippen LogP contribution < -0.4 is 0 Å². The minimum Gasteiger partial charge on any atom is -0.466 e. The van der Waals surface area contributed by atoms with Crippen molar-refractivity contribution in [1.29, 1.82) is 0 Å². The molecule has 0 aliphatic heterocycles. The second-order valence-corrected chi connectivity index (χ2v) is 2.62. The van der Waals surface area contributed by atoms with Gasteiger partial charge in [-0.25, -0.2) is 0 Å². The Morgan fingerprint density at radius 1 is 1.43 bits per heavy atom.